The van der Waals surface area contributed by atoms with Gasteiger partial charge in [0.2, 0.25) is 10.0 Å². The molecular formula is C11H20N2O3S2. The highest BCUT2D eigenvalue weighted by Gasteiger charge is 2.24. The summed E-state index contributed by atoms with van der Waals surface area (Å²) >= 11 is 1.36. The average Bonchev–Trinajstić information content (AvgIpc) is 2.76. The van der Waals surface area contributed by atoms with Gasteiger partial charge >= 0.3 is 0 Å². The maximum atomic E-state index is 12.3. The maximum Gasteiger partial charge on any atom is 0.244 e. The number of nitrogens with zero attached hydrogens (tertiary/aromatic N) is 1. The Bertz CT molecular complexity index is 468. The first-order chi connectivity index (χ1) is 8.39. The van der Waals surface area contributed by atoms with Crippen molar-refractivity contribution in [3.63, 3.8) is 0 Å². The fourth-order valence-corrected chi connectivity index (χ4v) is 3.87. The molecule has 104 valence electrons. The summed E-state index contributed by atoms with van der Waals surface area (Å²) in [5.41, 5.74) is 5.53. The van der Waals surface area contributed by atoms with Crippen molar-refractivity contribution in [1.82, 2.24) is 4.31 Å². The third-order valence-electron chi connectivity index (χ3n) is 2.44. The van der Waals surface area contributed by atoms with Gasteiger partial charge in [0.15, 0.2) is 0 Å². The van der Waals surface area contributed by atoms with E-state index in [1.165, 1.54) is 15.6 Å². The zero-order valence-electron chi connectivity index (χ0n) is 10.9. The molecule has 0 aromatic carbocycles. The highest BCUT2D eigenvalue weighted by atomic mass is 32.2. The molecule has 0 radical (unpaired) electrons. The van der Waals surface area contributed by atoms with Crippen molar-refractivity contribution >= 4 is 21.4 Å². The van der Waals surface area contributed by atoms with Crippen LogP contribution in [-0.4, -0.2) is 39.0 Å². The summed E-state index contributed by atoms with van der Waals surface area (Å²) in [5.74, 6) is 0. The first kappa shape index (κ1) is 15.6. The predicted octanol–water partition coefficient (Wildman–Crippen LogP) is 1.25. The largest absolute Gasteiger partial charge is 0.377 e. The summed E-state index contributed by atoms with van der Waals surface area (Å²) < 4.78 is 31.2. The second kappa shape index (κ2) is 6.63. The van der Waals surface area contributed by atoms with Gasteiger partial charge in [-0.05, 0) is 25.3 Å². The van der Waals surface area contributed by atoms with Crippen LogP contribution in [0.4, 0.5) is 0 Å². The van der Waals surface area contributed by atoms with Gasteiger partial charge in [-0.15, -0.1) is 11.3 Å². The van der Waals surface area contributed by atoms with Crippen LogP contribution in [0, 0.1) is 0 Å². The molecule has 0 aliphatic heterocycles. The molecule has 18 heavy (non-hydrogen) atoms. The van der Waals surface area contributed by atoms with Crippen LogP contribution in [0.15, 0.2) is 16.3 Å². The first-order valence-electron chi connectivity index (χ1n) is 5.74. The van der Waals surface area contributed by atoms with E-state index in [-0.39, 0.29) is 12.6 Å². The summed E-state index contributed by atoms with van der Waals surface area (Å²) in [7, 11) is -1.90. The Labute approximate surface area is 113 Å². The molecule has 0 saturated carbocycles. The Morgan fingerprint density at radius 1 is 1.50 bits per heavy atom. The van der Waals surface area contributed by atoms with Crippen LogP contribution >= 0.6 is 11.3 Å². The molecule has 1 aromatic heterocycles. The zero-order valence-corrected chi connectivity index (χ0v) is 12.6. The molecule has 0 spiro atoms. The molecule has 0 atom stereocenters. The molecule has 1 aromatic rings. The lowest BCUT2D eigenvalue weighted by atomic mass is 10.5. The number of hydrogen-bond donors (Lipinski definition) is 1. The predicted molar refractivity (Wildman–Crippen MR) is 73.1 cm³/mol. The number of likely N-dealkylation sites (N-methyl/N-ethyl adjacent to an activating group) is 1. The van der Waals surface area contributed by atoms with E-state index in [1.54, 1.807) is 18.5 Å². The van der Waals surface area contributed by atoms with Crippen LogP contribution in [0.25, 0.3) is 0 Å². The van der Waals surface area contributed by atoms with Crippen LogP contribution in [0.2, 0.25) is 0 Å². The van der Waals surface area contributed by atoms with Gasteiger partial charge in [0, 0.05) is 25.0 Å². The molecule has 0 saturated heterocycles. The van der Waals surface area contributed by atoms with Crippen molar-refractivity contribution in [2.45, 2.75) is 31.4 Å². The lowest BCUT2D eigenvalue weighted by molar-refractivity contribution is 0.0737. The van der Waals surface area contributed by atoms with E-state index in [0.717, 1.165) is 0 Å². The molecule has 5 nitrogen and oxygen atoms in total. The Hall–Kier alpha value is -0.470. The van der Waals surface area contributed by atoms with Gasteiger partial charge in [0.25, 0.3) is 0 Å². The van der Waals surface area contributed by atoms with Gasteiger partial charge in [-0.25, -0.2) is 8.42 Å². The third-order valence-corrected chi connectivity index (χ3v) is 5.45. The van der Waals surface area contributed by atoms with Crippen LogP contribution in [0.1, 0.15) is 18.7 Å². The summed E-state index contributed by atoms with van der Waals surface area (Å²) in [6, 6.07) is 1.60. The second-order valence-electron chi connectivity index (χ2n) is 4.16. The molecule has 0 fully saturated rings. The number of hydrogen-bond acceptors (Lipinski definition) is 5. The van der Waals surface area contributed by atoms with E-state index in [1.807, 2.05) is 13.8 Å². The molecule has 0 aliphatic carbocycles. The SMILES string of the molecule is CC(C)OCCN(C)S(=O)(=O)c1ccsc1CN. The quantitative estimate of drug-likeness (QED) is 0.821. The minimum Gasteiger partial charge on any atom is -0.377 e. The van der Waals surface area contributed by atoms with E-state index >= 15 is 0 Å². The summed E-state index contributed by atoms with van der Waals surface area (Å²) in [4.78, 5) is 0.994. The smallest absolute Gasteiger partial charge is 0.244 e. The minimum absolute atomic E-state index is 0.0989. The van der Waals surface area contributed by atoms with E-state index in [2.05, 4.69) is 0 Å². The second-order valence-corrected chi connectivity index (χ2v) is 7.17. The van der Waals surface area contributed by atoms with Crippen LogP contribution < -0.4 is 5.73 Å². The van der Waals surface area contributed by atoms with E-state index in [0.29, 0.717) is 22.9 Å². The summed E-state index contributed by atoms with van der Waals surface area (Å²) in [6.07, 6.45) is 0.0989. The van der Waals surface area contributed by atoms with Crippen molar-refractivity contribution in [3.05, 3.63) is 16.3 Å². The van der Waals surface area contributed by atoms with E-state index < -0.39 is 10.0 Å². The Morgan fingerprint density at radius 3 is 2.72 bits per heavy atom. The van der Waals surface area contributed by atoms with Crippen LogP contribution in [0.5, 0.6) is 0 Å². The van der Waals surface area contributed by atoms with Crippen molar-refractivity contribution in [1.29, 1.82) is 0 Å². The number of thiophene rings is 1. The monoisotopic (exact) mass is 292 g/mol. The number of nitrogens with two attached hydrogens (primary N) is 1. The van der Waals surface area contributed by atoms with Gasteiger partial charge in [0.05, 0.1) is 17.6 Å². The summed E-state index contributed by atoms with van der Waals surface area (Å²) in [5, 5.41) is 1.74. The molecule has 7 heteroatoms. The molecule has 0 amide bonds. The zero-order chi connectivity index (χ0) is 13.8. The highest BCUT2D eigenvalue weighted by Crippen LogP contribution is 2.23. The minimum atomic E-state index is -3.45. The first-order valence-corrected chi connectivity index (χ1v) is 8.06. The number of ether oxygens (including phenoxy) is 1. The van der Waals surface area contributed by atoms with Gasteiger partial charge in [-0.2, -0.15) is 4.31 Å². The third kappa shape index (κ3) is 3.76. The fraction of sp³-hybridized carbons (Fsp3) is 0.636. The maximum absolute atomic E-state index is 12.3. The topological polar surface area (TPSA) is 72.6 Å². The average molecular weight is 292 g/mol. The summed E-state index contributed by atoms with van der Waals surface area (Å²) in [6.45, 7) is 4.79. The Morgan fingerprint density at radius 2 is 2.17 bits per heavy atom. The van der Waals surface area contributed by atoms with Crippen LogP contribution in [-0.2, 0) is 21.3 Å². The van der Waals surface area contributed by atoms with E-state index in [9.17, 15) is 8.42 Å². The van der Waals surface area contributed by atoms with Crippen LogP contribution in [0.3, 0.4) is 0 Å². The normalized spacial score (nSPS) is 12.6. The van der Waals surface area contributed by atoms with Gasteiger partial charge in [0.1, 0.15) is 0 Å². The van der Waals surface area contributed by atoms with Crippen molar-refractivity contribution < 1.29 is 13.2 Å². The molecule has 2 N–H and O–H groups in total. The fourth-order valence-electron chi connectivity index (χ4n) is 1.41. The Balaban J connectivity index is 2.74. The number of sulfonamides is 1. The van der Waals surface area contributed by atoms with E-state index in [4.69, 9.17) is 10.5 Å². The molecular weight excluding hydrogens is 272 g/mol. The molecule has 1 rings (SSSR count). The Kier molecular flexibility index (Phi) is 5.74. The molecule has 1 heterocycles. The van der Waals surface area contributed by atoms with Gasteiger partial charge < -0.3 is 10.5 Å². The van der Waals surface area contributed by atoms with Crippen molar-refractivity contribution in [3.8, 4) is 0 Å². The van der Waals surface area contributed by atoms with Gasteiger partial charge in [-0.3, -0.25) is 0 Å². The van der Waals surface area contributed by atoms with Crippen molar-refractivity contribution in [2.24, 2.45) is 5.73 Å². The number of rotatable bonds is 7. The molecule has 0 unspecified atom stereocenters. The molecule has 0 bridgehead atoms. The highest BCUT2D eigenvalue weighted by molar-refractivity contribution is 7.89. The lowest BCUT2D eigenvalue weighted by Crippen LogP contribution is -2.31. The van der Waals surface area contributed by atoms with Crippen molar-refractivity contribution in [2.75, 3.05) is 20.2 Å². The molecule has 0 aliphatic rings. The van der Waals surface area contributed by atoms with Gasteiger partial charge in [-0.1, -0.05) is 0 Å². The standard InChI is InChI=1S/C11H20N2O3S2/c1-9(2)16-6-5-13(3)18(14,15)11-4-7-17-10(11)8-12/h4,7,9H,5-6,8,12H2,1-3H3. The lowest BCUT2D eigenvalue weighted by Gasteiger charge is -2.18.